The van der Waals surface area contributed by atoms with Crippen LogP contribution in [-0.4, -0.2) is 67.4 Å². The zero-order chi connectivity index (χ0) is 29.4. The molecule has 220 valence electrons. The Labute approximate surface area is 242 Å². The smallest absolute Gasteiger partial charge is 0.281 e. The first kappa shape index (κ1) is 29.1. The Balaban J connectivity index is 1.51. The maximum absolute atomic E-state index is 13.6. The Morgan fingerprint density at radius 1 is 1.12 bits per heavy atom. The summed E-state index contributed by atoms with van der Waals surface area (Å²) in [6, 6.07) is 10.8. The van der Waals surface area contributed by atoms with Crippen LogP contribution in [0.4, 0.5) is 11.6 Å². The van der Waals surface area contributed by atoms with E-state index in [4.69, 9.17) is 9.72 Å². The minimum atomic E-state index is -4.22. The van der Waals surface area contributed by atoms with E-state index in [1.165, 1.54) is 6.07 Å². The molecule has 13 heteroatoms. The van der Waals surface area contributed by atoms with Crippen LogP contribution in [0, 0.1) is 5.92 Å². The molecule has 4 bridgehead atoms. The normalized spacial score (nSPS) is 20.3. The van der Waals surface area contributed by atoms with Crippen molar-refractivity contribution in [2.24, 2.45) is 5.92 Å². The highest BCUT2D eigenvalue weighted by Gasteiger charge is 2.41. The second-order valence-corrected chi connectivity index (χ2v) is 19.9. The highest BCUT2D eigenvalue weighted by Crippen LogP contribution is 2.39. The standard InChI is InChI=1S/C28H39N7O4SSi/c1-28(2)18-20-8-7-14-29-22-9-6-10-25(30-22)40(37,38)33-27(36)21-11-12-23(31-26(21)34(28)19-20)35-15-13-24(32-35)39-16-17-41(3,4)5/h6,9-13,15,20H,7-8,14,16-19H2,1-5H3,(H,29,30)(H,33,36)/t20-/m0/s1. The maximum atomic E-state index is 13.6. The van der Waals surface area contributed by atoms with E-state index in [1.807, 2.05) is 0 Å². The summed E-state index contributed by atoms with van der Waals surface area (Å²) in [5, 5.41) is 7.55. The van der Waals surface area contributed by atoms with Crippen molar-refractivity contribution in [1.82, 2.24) is 24.5 Å². The van der Waals surface area contributed by atoms with E-state index in [1.54, 1.807) is 41.2 Å². The van der Waals surface area contributed by atoms with E-state index in [-0.39, 0.29) is 16.1 Å². The van der Waals surface area contributed by atoms with Gasteiger partial charge in [0.1, 0.15) is 11.6 Å². The molecular formula is C28H39N7O4SSi. The van der Waals surface area contributed by atoms with Crippen molar-refractivity contribution < 1.29 is 17.9 Å². The average Bonchev–Trinajstić information content (AvgIpc) is 3.48. The van der Waals surface area contributed by atoms with Crippen molar-refractivity contribution in [3.63, 3.8) is 0 Å². The van der Waals surface area contributed by atoms with Gasteiger partial charge in [0.2, 0.25) is 5.88 Å². The van der Waals surface area contributed by atoms with Crippen LogP contribution in [0.5, 0.6) is 5.88 Å². The number of fused-ring (bicyclic) bond motifs is 6. The summed E-state index contributed by atoms with van der Waals surface area (Å²) in [6.07, 6.45) is 4.57. The van der Waals surface area contributed by atoms with Gasteiger partial charge in [0.05, 0.1) is 12.2 Å². The van der Waals surface area contributed by atoms with Gasteiger partial charge in [0.25, 0.3) is 15.9 Å². The zero-order valence-electron chi connectivity index (χ0n) is 24.3. The van der Waals surface area contributed by atoms with E-state index in [2.05, 4.69) is 58.5 Å². The number of hydrogen-bond acceptors (Lipinski definition) is 9. The van der Waals surface area contributed by atoms with Crippen LogP contribution in [0.2, 0.25) is 25.7 Å². The van der Waals surface area contributed by atoms with E-state index < -0.39 is 24.0 Å². The number of hydrogen-bond donors (Lipinski definition) is 2. The van der Waals surface area contributed by atoms with Gasteiger partial charge in [0.15, 0.2) is 10.8 Å². The third-order valence-corrected chi connectivity index (χ3v) is 10.5. The molecule has 41 heavy (non-hydrogen) atoms. The molecule has 0 aliphatic carbocycles. The summed E-state index contributed by atoms with van der Waals surface area (Å²) in [6.45, 7) is 13.1. The third-order valence-electron chi connectivity index (χ3n) is 7.54. The second kappa shape index (κ2) is 11.1. The monoisotopic (exact) mass is 597 g/mol. The van der Waals surface area contributed by atoms with E-state index in [0.717, 1.165) is 25.3 Å². The summed E-state index contributed by atoms with van der Waals surface area (Å²) in [7, 11) is -5.46. The van der Waals surface area contributed by atoms with Gasteiger partial charge in [0, 0.05) is 39.0 Å². The molecule has 0 radical (unpaired) electrons. The lowest BCUT2D eigenvalue weighted by atomic mass is 9.93. The van der Waals surface area contributed by atoms with Crippen LogP contribution in [-0.2, 0) is 10.0 Å². The summed E-state index contributed by atoms with van der Waals surface area (Å²) >= 11 is 0. The molecule has 1 atom stereocenters. The first-order valence-electron chi connectivity index (χ1n) is 14.1. The average molecular weight is 598 g/mol. The lowest BCUT2D eigenvalue weighted by molar-refractivity contribution is 0.0981. The molecule has 11 nitrogen and oxygen atoms in total. The quantitative estimate of drug-likeness (QED) is 0.413. The van der Waals surface area contributed by atoms with Crippen LogP contribution < -0.4 is 19.7 Å². The van der Waals surface area contributed by atoms with Crippen LogP contribution in [0.1, 0.15) is 43.5 Å². The molecule has 0 saturated carbocycles. The second-order valence-electron chi connectivity index (χ2n) is 12.7. The Hall–Kier alpha value is -3.45. The van der Waals surface area contributed by atoms with Gasteiger partial charge >= 0.3 is 0 Å². The molecule has 2 N–H and O–H groups in total. The fourth-order valence-electron chi connectivity index (χ4n) is 5.38. The van der Waals surface area contributed by atoms with Gasteiger partial charge in [-0.2, -0.15) is 8.42 Å². The first-order chi connectivity index (χ1) is 19.3. The van der Waals surface area contributed by atoms with Crippen molar-refractivity contribution in [3.8, 4) is 11.7 Å². The van der Waals surface area contributed by atoms with Crippen molar-refractivity contribution in [3.05, 3.63) is 48.2 Å². The fraction of sp³-hybridized carbons (Fsp3) is 0.500. The van der Waals surface area contributed by atoms with Crippen molar-refractivity contribution in [2.45, 2.75) is 69.4 Å². The summed E-state index contributed by atoms with van der Waals surface area (Å²) in [4.78, 5) is 24.8. The summed E-state index contributed by atoms with van der Waals surface area (Å²) in [5.74, 6) is 1.53. The Bertz CT molecular complexity index is 1530. The molecule has 0 spiro atoms. The zero-order valence-corrected chi connectivity index (χ0v) is 26.2. The molecule has 1 amide bonds. The molecule has 0 aromatic carbocycles. The van der Waals surface area contributed by atoms with Gasteiger partial charge in [-0.15, -0.1) is 5.10 Å². The van der Waals surface area contributed by atoms with Crippen molar-refractivity contribution in [2.75, 3.05) is 29.9 Å². The number of anilines is 2. The number of carbonyl (C=O) groups excluding carboxylic acids is 1. The largest absolute Gasteiger partial charge is 0.477 e. The van der Waals surface area contributed by atoms with E-state index in [0.29, 0.717) is 48.9 Å². The van der Waals surface area contributed by atoms with Gasteiger partial charge < -0.3 is 15.0 Å². The number of nitrogens with one attached hydrogen (secondary N) is 2. The topological polar surface area (TPSA) is 131 Å². The number of pyridine rings is 2. The number of carbonyl (C=O) groups is 1. The molecular weight excluding hydrogens is 559 g/mol. The summed E-state index contributed by atoms with van der Waals surface area (Å²) < 4.78 is 36.1. The molecule has 5 rings (SSSR count). The molecule has 3 aromatic rings. The lowest BCUT2D eigenvalue weighted by Gasteiger charge is -2.34. The molecule has 0 unspecified atom stereocenters. The number of aromatic nitrogens is 4. The SMILES string of the molecule is CC1(C)C[C@@H]2CCCNc3cccc(n3)S(=O)(=O)NC(=O)c3ccc(-n4ccc(OCC[Si](C)(C)C)n4)nc3N1C2. The fourth-order valence-corrected chi connectivity index (χ4v) is 7.02. The number of sulfonamides is 1. The number of amides is 1. The highest BCUT2D eigenvalue weighted by atomic mass is 32.2. The van der Waals surface area contributed by atoms with Gasteiger partial charge in [-0.3, -0.25) is 4.79 Å². The maximum Gasteiger partial charge on any atom is 0.281 e. The van der Waals surface area contributed by atoms with Gasteiger partial charge in [-0.1, -0.05) is 25.7 Å². The van der Waals surface area contributed by atoms with Crippen molar-refractivity contribution in [1.29, 1.82) is 0 Å². The van der Waals surface area contributed by atoms with Crippen LogP contribution in [0.3, 0.4) is 0 Å². The number of ether oxygens (including phenoxy) is 1. The van der Waals surface area contributed by atoms with E-state index in [9.17, 15) is 13.2 Å². The van der Waals surface area contributed by atoms with Gasteiger partial charge in [-0.25, -0.2) is 19.4 Å². The highest BCUT2D eigenvalue weighted by molar-refractivity contribution is 7.90. The first-order valence-corrected chi connectivity index (χ1v) is 19.3. The molecule has 3 aromatic heterocycles. The molecule has 1 saturated heterocycles. The van der Waals surface area contributed by atoms with Crippen molar-refractivity contribution >= 4 is 35.6 Å². The minimum absolute atomic E-state index is 0.175. The molecule has 1 fully saturated rings. The third kappa shape index (κ3) is 6.72. The summed E-state index contributed by atoms with van der Waals surface area (Å²) in [5.41, 5.74) is -0.121. The Kier molecular flexibility index (Phi) is 7.85. The lowest BCUT2D eigenvalue weighted by Crippen LogP contribution is -2.41. The minimum Gasteiger partial charge on any atom is -0.477 e. The molecule has 2 aliphatic heterocycles. The Morgan fingerprint density at radius 2 is 1.93 bits per heavy atom. The van der Waals surface area contributed by atoms with Crippen LogP contribution in [0.15, 0.2) is 47.6 Å². The molecule has 2 aliphatic rings. The Morgan fingerprint density at radius 3 is 2.71 bits per heavy atom. The number of rotatable bonds is 5. The predicted molar refractivity (Wildman–Crippen MR) is 161 cm³/mol. The van der Waals surface area contributed by atoms with Crippen LogP contribution in [0.25, 0.3) is 5.82 Å². The van der Waals surface area contributed by atoms with Gasteiger partial charge in [-0.05, 0) is 69.3 Å². The van der Waals surface area contributed by atoms with Crippen LogP contribution >= 0.6 is 0 Å². The van der Waals surface area contributed by atoms with E-state index >= 15 is 0 Å². The number of nitrogens with zero attached hydrogens (tertiary/aromatic N) is 5. The molecule has 5 heterocycles. The predicted octanol–water partition coefficient (Wildman–Crippen LogP) is 4.31.